The molecule has 0 saturated carbocycles. The summed E-state index contributed by atoms with van der Waals surface area (Å²) >= 11 is 0. The Bertz CT molecular complexity index is 1650. The maximum Gasteiger partial charge on any atom is 0.256 e. The highest BCUT2D eigenvalue weighted by Gasteiger charge is 2.29. The number of piperazine rings is 1. The molecular formula is C27H31N9O3S. The van der Waals surface area contributed by atoms with Crippen molar-refractivity contribution in [3.63, 3.8) is 0 Å². The first-order chi connectivity index (χ1) is 19.2. The van der Waals surface area contributed by atoms with Gasteiger partial charge in [0.1, 0.15) is 17.8 Å². The van der Waals surface area contributed by atoms with Crippen LogP contribution < -0.4 is 15.5 Å². The van der Waals surface area contributed by atoms with Gasteiger partial charge in [0.15, 0.2) is 0 Å². The van der Waals surface area contributed by atoms with E-state index < -0.39 is 10.0 Å². The number of aromatic nitrogens is 4. The number of nitrogens with zero attached hydrogens (tertiary/aromatic N) is 6. The number of aryl methyl sites for hydroxylation is 1. The number of aromatic amines is 1. The molecule has 4 heterocycles. The number of hydrogen-bond donors (Lipinski definition) is 3. The van der Waals surface area contributed by atoms with E-state index in [-0.39, 0.29) is 23.7 Å². The summed E-state index contributed by atoms with van der Waals surface area (Å²) < 4.78 is 29.4. The van der Waals surface area contributed by atoms with Crippen LogP contribution >= 0.6 is 0 Å². The van der Waals surface area contributed by atoms with Crippen LogP contribution in [0.3, 0.4) is 0 Å². The average molecular weight is 562 g/mol. The minimum absolute atomic E-state index is 0.102. The van der Waals surface area contributed by atoms with Gasteiger partial charge in [-0.15, -0.1) is 4.40 Å². The Hall–Kier alpha value is -4.52. The van der Waals surface area contributed by atoms with Crippen molar-refractivity contribution in [2.45, 2.75) is 26.8 Å². The molecule has 1 fully saturated rings. The number of amides is 1. The van der Waals surface area contributed by atoms with E-state index in [9.17, 15) is 13.2 Å². The normalized spacial score (nSPS) is 16.3. The summed E-state index contributed by atoms with van der Waals surface area (Å²) in [6, 6.07) is 10.2. The zero-order valence-electron chi connectivity index (χ0n) is 22.5. The predicted octanol–water partition coefficient (Wildman–Crippen LogP) is 3.24. The number of carbonyl (C=O) groups is 1. The Morgan fingerprint density at radius 3 is 2.67 bits per heavy atom. The Balaban J connectivity index is 1.38. The second-order valence-corrected chi connectivity index (χ2v) is 11.5. The van der Waals surface area contributed by atoms with Crippen molar-refractivity contribution in [3.8, 4) is 0 Å². The molecule has 5 rings (SSSR count). The molecule has 12 nitrogen and oxygen atoms in total. The molecule has 1 aliphatic rings. The highest BCUT2D eigenvalue weighted by atomic mass is 32.2. The molecule has 40 heavy (non-hydrogen) atoms. The number of guanidine groups is 1. The predicted molar refractivity (Wildman–Crippen MR) is 156 cm³/mol. The molecule has 1 unspecified atom stereocenters. The number of hydrogen-bond acceptors (Lipinski definition) is 7. The van der Waals surface area contributed by atoms with Gasteiger partial charge in [-0.05, 0) is 56.7 Å². The van der Waals surface area contributed by atoms with Crippen molar-refractivity contribution in [2.75, 3.05) is 40.9 Å². The fourth-order valence-electron chi connectivity index (χ4n) is 4.65. The maximum atomic E-state index is 12.8. The van der Waals surface area contributed by atoms with E-state index in [4.69, 9.17) is 0 Å². The number of H-pyrrole nitrogens is 1. The molecule has 208 valence electrons. The number of rotatable bonds is 6. The van der Waals surface area contributed by atoms with Gasteiger partial charge in [-0.3, -0.25) is 9.78 Å². The summed E-state index contributed by atoms with van der Waals surface area (Å²) in [7, 11) is -3.71. The lowest BCUT2D eigenvalue weighted by Gasteiger charge is -2.42. The standard InChI is InChI=1S/C27H31N9O3S/c1-4-40(38,39)34-27(33-22-7-5-6-20(14-22)26(37)32-21-8-10-28-11-9-21)36-13-12-35(16-19(36)3)25-23-18(2)15-29-24(23)30-17-31-25/h5-11,14-15,17,19H,4,12-13,16H2,1-3H3,(H,33,34)(H,28,32,37)(H,29,30,31). The molecular weight excluding hydrogens is 530 g/mol. The highest BCUT2D eigenvalue weighted by Crippen LogP contribution is 2.28. The van der Waals surface area contributed by atoms with Crippen LogP contribution in [0.25, 0.3) is 11.0 Å². The summed E-state index contributed by atoms with van der Waals surface area (Å²) in [5, 5.41) is 6.98. The van der Waals surface area contributed by atoms with Gasteiger partial charge in [0.25, 0.3) is 15.9 Å². The number of pyridine rings is 1. The molecule has 1 saturated heterocycles. The summed E-state index contributed by atoms with van der Waals surface area (Å²) in [5.41, 5.74) is 3.42. The van der Waals surface area contributed by atoms with Crippen LogP contribution in [0.2, 0.25) is 0 Å². The minimum atomic E-state index is -3.71. The fourth-order valence-corrected chi connectivity index (χ4v) is 5.19. The molecule has 13 heteroatoms. The third kappa shape index (κ3) is 5.88. The SMILES string of the molecule is CCS(=O)(=O)N=C(Nc1cccc(C(=O)Nc2ccncc2)c1)N1CCN(c2ncnc3[nH]cc(C)c23)CC1C. The summed E-state index contributed by atoms with van der Waals surface area (Å²) in [6.07, 6.45) is 6.65. The minimum Gasteiger partial charge on any atom is -0.352 e. The fraction of sp³-hybridized carbons (Fsp3) is 0.296. The van der Waals surface area contributed by atoms with Crippen LogP contribution in [0.15, 0.2) is 65.7 Å². The summed E-state index contributed by atoms with van der Waals surface area (Å²) in [6.45, 7) is 7.29. The molecule has 1 amide bonds. The van der Waals surface area contributed by atoms with Crippen LogP contribution in [-0.2, 0) is 10.0 Å². The number of carbonyl (C=O) groups excluding carboxylic acids is 1. The number of sulfonamides is 1. The van der Waals surface area contributed by atoms with Gasteiger partial charge >= 0.3 is 0 Å². The molecule has 4 aromatic rings. The first-order valence-electron chi connectivity index (χ1n) is 13.0. The van der Waals surface area contributed by atoms with E-state index >= 15 is 0 Å². The van der Waals surface area contributed by atoms with E-state index in [1.807, 2.05) is 24.9 Å². The highest BCUT2D eigenvalue weighted by molar-refractivity contribution is 7.90. The van der Waals surface area contributed by atoms with Gasteiger partial charge in [0.2, 0.25) is 5.96 Å². The number of benzene rings is 1. The molecule has 0 radical (unpaired) electrons. The van der Waals surface area contributed by atoms with Gasteiger partial charge in [0.05, 0.1) is 11.1 Å². The molecule has 3 N–H and O–H groups in total. The average Bonchev–Trinajstić information content (AvgIpc) is 3.34. The third-order valence-corrected chi connectivity index (χ3v) is 7.94. The van der Waals surface area contributed by atoms with E-state index in [0.29, 0.717) is 36.6 Å². The first-order valence-corrected chi connectivity index (χ1v) is 14.6. The first kappa shape index (κ1) is 27.1. The van der Waals surface area contributed by atoms with E-state index in [1.165, 1.54) is 0 Å². The van der Waals surface area contributed by atoms with Gasteiger partial charge in [-0.25, -0.2) is 18.4 Å². The van der Waals surface area contributed by atoms with Crippen LogP contribution in [0.1, 0.15) is 29.8 Å². The third-order valence-electron chi connectivity index (χ3n) is 6.76. The lowest BCUT2D eigenvalue weighted by Crippen LogP contribution is -2.56. The molecule has 0 aliphatic carbocycles. The van der Waals surface area contributed by atoms with Gasteiger partial charge in [-0.2, -0.15) is 0 Å². The molecule has 0 spiro atoms. The van der Waals surface area contributed by atoms with Crippen molar-refractivity contribution in [1.29, 1.82) is 0 Å². The van der Waals surface area contributed by atoms with E-state index in [2.05, 4.69) is 39.9 Å². The van der Waals surface area contributed by atoms with Crippen LogP contribution in [-0.4, -0.2) is 76.5 Å². The zero-order chi connectivity index (χ0) is 28.3. The van der Waals surface area contributed by atoms with Crippen LogP contribution in [0, 0.1) is 6.92 Å². The largest absolute Gasteiger partial charge is 0.352 e. The van der Waals surface area contributed by atoms with Crippen LogP contribution in [0.4, 0.5) is 17.2 Å². The number of fused-ring (bicyclic) bond motifs is 1. The summed E-state index contributed by atoms with van der Waals surface area (Å²) in [5.74, 6) is 0.627. The van der Waals surface area contributed by atoms with Crippen molar-refractivity contribution in [3.05, 3.63) is 72.4 Å². The monoisotopic (exact) mass is 561 g/mol. The Morgan fingerprint density at radius 2 is 1.93 bits per heavy atom. The Labute approximate surface area is 232 Å². The van der Waals surface area contributed by atoms with E-state index in [1.54, 1.807) is 62.0 Å². The zero-order valence-corrected chi connectivity index (χ0v) is 23.3. The topological polar surface area (TPSA) is 149 Å². The molecule has 1 aromatic carbocycles. The Morgan fingerprint density at radius 1 is 1.12 bits per heavy atom. The second-order valence-electron chi connectivity index (χ2n) is 9.56. The maximum absolute atomic E-state index is 12.8. The molecule has 0 bridgehead atoms. The van der Waals surface area contributed by atoms with Gasteiger partial charge < -0.3 is 25.4 Å². The molecule has 1 atom stereocenters. The summed E-state index contributed by atoms with van der Waals surface area (Å²) in [4.78, 5) is 33.0. The van der Waals surface area contributed by atoms with Crippen molar-refractivity contribution >= 4 is 50.1 Å². The van der Waals surface area contributed by atoms with Gasteiger partial charge in [0, 0.05) is 61.2 Å². The van der Waals surface area contributed by atoms with Gasteiger partial charge in [-0.1, -0.05) is 6.07 Å². The smallest absolute Gasteiger partial charge is 0.256 e. The lowest BCUT2D eigenvalue weighted by molar-refractivity contribution is 0.102. The van der Waals surface area contributed by atoms with E-state index in [0.717, 1.165) is 22.4 Å². The molecule has 3 aromatic heterocycles. The molecule has 1 aliphatic heterocycles. The van der Waals surface area contributed by atoms with Crippen LogP contribution in [0.5, 0.6) is 0 Å². The quantitative estimate of drug-likeness (QED) is 0.238. The number of anilines is 3. The van der Waals surface area contributed by atoms with Crippen molar-refractivity contribution in [2.24, 2.45) is 4.40 Å². The second kappa shape index (κ2) is 11.3. The Kier molecular flexibility index (Phi) is 7.65. The number of nitrogens with one attached hydrogen (secondary N) is 3. The van der Waals surface area contributed by atoms with Crippen molar-refractivity contribution in [1.82, 2.24) is 24.8 Å². The van der Waals surface area contributed by atoms with Crippen molar-refractivity contribution < 1.29 is 13.2 Å². The lowest BCUT2D eigenvalue weighted by atomic mass is 10.1.